The van der Waals surface area contributed by atoms with E-state index >= 15 is 0 Å². The Morgan fingerprint density at radius 2 is 1.24 bits per heavy atom. The van der Waals surface area contributed by atoms with E-state index in [1.807, 2.05) is 39.9 Å². The van der Waals surface area contributed by atoms with Crippen molar-refractivity contribution in [1.29, 1.82) is 0 Å². The molecule has 1 saturated carbocycles. The molecule has 3 heterocycles. The predicted octanol–water partition coefficient (Wildman–Crippen LogP) is 5.59. The summed E-state index contributed by atoms with van der Waals surface area (Å²) in [6.07, 6.45) is -1.58. The fraction of sp³-hybridized carbons (Fsp3) is 0.442. The van der Waals surface area contributed by atoms with Gasteiger partial charge >= 0.3 is 12.1 Å². The highest BCUT2D eigenvalue weighted by molar-refractivity contribution is 6.74. The molecule has 3 aliphatic heterocycles. The standard InChI is InChI=1S/C43H49N3O11Si/c1-42(2,3)58(4,5)57-25-43(44-41(53)56-24-26-14-7-6-8-15-26)33(39(51)52)31(22-45-35(47)27-16-9-10-17-28(27)36(45)48)32(34(43)40-54-20-13-21-55-40)23-46-37(49)29-18-11-12-19-30(29)38(46)50/h6-12,14-19,31-34,40H,13,20-25H2,1-5H3,(H,44,53)(H,51,52)/t31-,32-,33-,34-,43-/m1/s1. The summed E-state index contributed by atoms with van der Waals surface area (Å²) in [5.41, 5.74) is -0.500. The highest BCUT2D eigenvalue weighted by Crippen LogP contribution is 2.54. The third kappa shape index (κ3) is 7.36. The Morgan fingerprint density at radius 3 is 1.71 bits per heavy atom. The van der Waals surface area contributed by atoms with Gasteiger partial charge in [-0.2, -0.15) is 0 Å². The number of alkyl carbamates (subject to hydrolysis) is 1. The molecule has 5 amide bonds. The van der Waals surface area contributed by atoms with Crippen molar-refractivity contribution in [2.45, 2.75) is 63.8 Å². The lowest BCUT2D eigenvalue weighted by atomic mass is 9.78. The van der Waals surface area contributed by atoms with Gasteiger partial charge in [-0.3, -0.25) is 33.8 Å². The van der Waals surface area contributed by atoms with E-state index in [1.165, 1.54) is 12.1 Å². The summed E-state index contributed by atoms with van der Waals surface area (Å²) in [5.74, 6) is -8.68. The number of fused-ring (bicyclic) bond motifs is 2. The first kappa shape index (κ1) is 41.0. The van der Waals surface area contributed by atoms with Gasteiger partial charge in [0.15, 0.2) is 14.6 Å². The first-order valence-corrected chi connectivity index (χ1v) is 22.5. The molecule has 0 aromatic heterocycles. The molecule has 2 fully saturated rings. The Morgan fingerprint density at radius 1 is 0.776 bits per heavy atom. The first-order chi connectivity index (χ1) is 27.6. The average Bonchev–Trinajstić information content (AvgIpc) is 3.71. The molecule has 5 atom stereocenters. The first-order valence-electron chi connectivity index (χ1n) is 19.5. The Balaban J connectivity index is 1.39. The Kier molecular flexibility index (Phi) is 11.2. The second-order valence-corrected chi connectivity index (χ2v) is 21.8. The lowest BCUT2D eigenvalue weighted by Gasteiger charge is -2.46. The van der Waals surface area contributed by atoms with Crippen molar-refractivity contribution in [1.82, 2.24) is 15.1 Å². The Labute approximate surface area is 337 Å². The minimum absolute atomic E-state index is 0.137. The largest absolute Gasteiger partial charge is 0.481 e. The second-order valence-electron chi connectivity index (χ2n) is 16.9. The van der Waals surface area contributed by atoms with Gasteiger partial charge in [-0.15, -0.1) is 0 Å². The van der Waals surface area contributed by atoms with Crippen LogP contribution in [0, 0.1) is 23.7 Å². The number of carbonyl (C=O) groups excluding carboxylic acids is 5. The number of rotatable bonds is 12. The van der Waals surface area contributed by atoms with Crippen LogP contribution in [0.2, 0.25) is 18.1 Å². The van der Waals surface area contributed by atoms with E-state index in [0.717, 1.165) is 9.80 Å². The number of imide groups is 2. The van der Waals surface area contributed by atoms with Crippen LogP contribution in [0.1, 0.15) is 74.2 Å². The van der Waals surface area contributed by atoms with Gasteiger partial charge in [0.2, 0.25) is 0 Å². The summed E-state index contributed by atoms with van der Waals surface area (Å²) in [7, 11) is -2.73. The van der Waals surface area contributed by atoms with Crippen molar-refractivity contribution in [3.05, 3.63) is 107 Å². The Bertz CT molecular complexity index is 2040. The zero-order chi connectivity index (χ0) is 41.6. The number of carboxylic acid groups (broad SMARTS) is 1. The zero-order valence-electron chi connectivity index (χ0n) is 33.3. The van der Waals surface area contributed by atoms with Crippen molar-refractivity contribution in [2.75, 3.05) is 32.9 Å². The van der Waals surface area contributed by atoms with Gasteiger partial charge in [0.05, 0.1) is 53.5 Å². The van der Waals surface area contributed by atoms with Crippen LogP contribution in [0.5, 0.6) is 0 Å². The average molecular weight is 812 g/mol. The van der Waals surface area contributed by atoms with Gasteiger partial charge < -0.3 is 29.1 Å². The van der Waals surface area contributed by atoms with E-state index < -0.39 is 86.1 Å². The number of nitrogens with zero attached hydrogens (tertiary/aromatic N) is 2. The third-order valence-corrected chi connectivity index (χ3v) is 17.0. The number of carbonyl (C=O) groups is 6. The summed E-state index contributed by atoms with van der Waals surface area (Å²) >= 11 is 0. The molecule has 0 radical (unpaired) electrons. The maximum Gasteiger partial charge on any atom is 0.408 e. The third-order valence-electron chi connectivity index (χ3n) is 12.6. The molecule has 1 saturated heterocycles. The molecule has 306 valence electrons. The fourth-order valence-electron chi connectivity index (χ4n) is 8.62. The van der Waals surface area contributed by atoms with Crippen molar-refractivity contribution in [3.63, 3.8) is 0 Å². The number of hydrogen-bond donors (Lipinski definition) is 2. The monoisotopic (exact) mass is 811 g/mol. The summed E-state index contributed by atoms with van der Waals surface area (Å²) in [4.78, 5) is 86.4. The van der Waals surface area contributed by atoms with Crippen molar-refractivity contribution < 1.29 is 52.5 Å². The topological polar surface area (TPSA) is 178 Å². The van der Waals surface area contributed by atoms with E-state index in [9.17, 15) is 33.9 Å². The van der Waals surface area contributed by atoms with Gasteiger partial charge in [0.1, 0.15) is 6.61 Å². The molecule has 3 aromatic rings. The number of benzene rings is 3. The molecule has 0 spiro atoms. The maximum atomic E-state index is 14.2. The maximum absolute atomic E-state index is 14.2. The number of carboxylic acids is 1. The van der Waals surface area contributed by atoms with Crippen molar-refractivity contribution in [3.8, 4) is 0 Å². The summed E-state index contributed by atoms with van der Waals surface area (Å²) < 4.78 is 25.2. The van der Waals surface area contributed by atoms with Crippen LogP contribution in [0.25, 0.3) is 0 Å². The molecule has 7 rings (SSSR count). The number of hydrogen-bond acceptors (Lipinski definition) is 10. The van der Waals surface area contributed by atoms with E-state index in [1.54, 1.807) is 60.7 Å². The molecule has 58 heavy (non-hydrogen) atoms. The molecular formula is C43H49N3O11Si. The van der Waals surface area contributed by atoms with Gasteiger partial charge in [0, 0.05) is 19.0 Å². The van der Waals surface area contributed by atoms with Gasteiger partial charge in [-0.25, -0.2) is 4.79 Å². The summed E-state index contributed by atoms with van der Waals surface area (Å²) in [6, 6.07) is 21.7. The van der Waals surface area contributed by atoms with Crippen LogP contribution in [0.15, 0.2) is 78.9 Å². The molecular weight excluding hydrogens is 763 g/mol. The van der Waals surface area contributed by atoms with Crippen molar-refractivity contribution >= 4 is 44.0 Å². The molecule has 4 aliphatic rings. The van der Waals surface area contributed by atoms with E-state index in [0.29, 0.717) is 12.0 Å². The van der Waals surface area contributed by atoms with E-state index in [4.69, 9.17) is 18.6 Å². The molecule has 15 heteroatoms. The lowest BCUT2D eigenvalue weighted by molar-refractivity contribution is -0.225. The number of aliphatic carboxylic acids is 1. The van der Waals surface area contributed by atoms with Gasteiger partial charge in [0.25, 0.3) is 23.6 Å². The summed E-state index contributed by atoms with van der Waals surface area (Å²) in [5, 5.41) is 14.1. The van der Waals surface area contributed by atoms with E-state index in [2.05, 4.69) is 5.32 Å². The molecule has 1 aliphatic carbocycles. The summed E-state index contributed by atoms with van der Waals surface area (Å²) in [6.45, 7) is 9.27. The smallest absolute Gasteiger partial charge is 0.408 e. The zero-order valence-corrected chi connectivity index (χ0v) is 34.3. The molecule has 14 nitrogen and oxygen atoms in total. The number of nitrogens with one attached hydrogen (secondary N) is 1. The molecule has 2 N–H and O–H groups in total. The number of amides is 5. The Hall–Kier alpha value is -5.22. The quantitative estimate of drug-likeness (QED) is 0.172. The predicted molar refractivity (Wildman–Crippen MR) is 211 cm³/mol. The van der Waals surface area contributed by atoms with Gasteiger partial charge in [-0.05, 0) is 66.2 Å². The molecule has 0 unspecified atom stereocenters. The van der Waals surface area contributed by atoms with Crippen LogP contribution < -0.4 is 5.32 Å². The van der Waals surface area contributed by atoms with Crippen LogP contribution in [-0.4, -0.2) is 104 Å². The van der Waals surface area contributed by atoms with Crippen LogP contribution in [0.3, 0.4) is 0 Å². The van der Waals surface area contributed by atoms with Crippen molar-refractivity contribution in [2.24, 2.45) is 23.7 Å². The SMILES string of the molecule is CC(C)(C)[Si](C)(C)OC[C@@]1(NC(=O)OCc2ccccc2)[C@@H](C(=O)O)[C@H](CN2C(=O)c3ccccc3C2=O)[C@@H](CN2C(=O)c3ccccc3C2=O)[C@@H]1C1OCCCO1. The minimum Gasteiger partial charge on any atom is -0.481 e. The highest BCUT2D eigenvalue weighted by atomic mass is 28.4. The second kappa shape index (κ2) is 15.8. The molecule has 3 aromatic carbocycles. The normalized spacial score (nSPS) is 24.9. The van der Waals surface area contributed by atoms with Gasteiger partial charge in [-0.1, -0.05) is 75.4 Å². The fourth-order valence-corrected chi connectivity index (χ4v) is 9.65. The number of ether oxygens (including phenoxy) is 3. The highest BCUT2D eigenvalue weighted by Gasteiger charge is 2.68. The minimum atomic E-state index is -2.73. The van der Waals surface area contributed by atoms with Crippen LogP contribution >= 0.6 is 0 Å². The van der Waals surface area contributed by atoms with Crippen LogP contribution in [0.4, 0.5) is 4.79 Å². The van der Waals surface area contributed by atoms with Crippen LogP contribution in [-0.2, 0) is 30.0 Å². The lowest BCUT2D eigenvalue weighted by Crippen LogP contribution is -2.65. The van der Waals surface area contributed by atoms with E-state index in [-0.39, 0.29) is 60.3 Å². The molecule has 0 bridgehead atoms.